The average Bonchev–Trinajstić information content (AvgIpc) is 3.74. The van der Waals surface area contributed by atoms with Crippen molar-refractivity contribution in [2.24, 2.45) is 0 Å². The Balaban J connectivity index is 1.08. The van der Waals surface area contributed by atoms with Crippen molar-refractivity contribution in [3.05, 3.63) is 176 Å². The van der Waals surface area contributed by atoms with E-state index in [9.17, 15) is 0 Å². The zero-order valence-corrected chi connectivity index (χ0v) is 27.8. The molecule has 0 aliphatic rings. The first kappa shape index (κ1) is 28.6. The van der Waals surface area contributed by atoms with Crippen LogP contribution in [0.25, 0.3) is 92.7 Å². The van der Waals surface area contributed by atoms with Crippen LogP contribution >= 0.6 is 11.3 Å². The summed E-state index contributed by atoms with van der Waals surface area (Å²) >= 11 is 1.76. The van der Waals surface area contributed by atoms with E-state index >= 15 is 0 Å². The maximum atomic E-state index is 5.21. The Morgan fingerprint density at radius 1 is 0.400 bits per heavy atom. The molecule has 7 aromatic carbocycles. The lowest BCUT2D eigenvalue weighted by molar-refractivity contribution is 1.18. The number of thiophene rings is 1. The molecule has 0 atom stereocenters. The van der Waals surface area contributed by atoms with E-state index in [1.54, 1.807) is 11.3 Å². The summed E-state index contributed by atoms with van der Waals surface area (Å²) in [6, 6.07) is 62.6. The fraction of sp³-hybridized carbons (Fsp3) is 0. The van der Waals surface area contributed by atoms with Crippen molar-refractivity contribution in [2.75, 3.05) is 0 Å². The van der Waals surface area contributed by atoms with Crippen LogP contribution in [0.5, 0.6) is 0 Å². The third-order valence-electron chi connectivity index (χ3n) is 9.60. The normalized spacial score (nSPS) is 11.6. The molecule has 10 aromatic rings. The van der Waals surface area contributed by atoms with Crippen LogP contribution in [-0.4, -0.2) is 14.5 Å². The van der Waals surface area contributed by atoms with Crippen molar-refractivity contribution in [1.82, 2.24) is 14.5 Å². The minimum absolute atomic E-state index is 0.734. The number of fused-ring (bicyclic) bond motifs is 6. The molecule has 0 aliphatic carbocycles. The lowest BCUT2D eigenvalue weighted by Gasteiger charge is -2.10. The van der Waals surface area contributed by atoms with E-state index in [2.05, 4.69) is 174 Å². The first-order valence-electron chi connectivity index (χ1n) is 16.8. The number of rotatable bonds is 5. The van der Waals surface area contributed by atoms with Crippen LogP contribution in [0.4, 0.5) is 0 Å². The summed E-state index contributed by atoms with van der Waals surface area (Å²) in [6.07, 6.45) is 0. The molecule has 0 radical (unpaired) electrons. The van der Waals surface area contributed by atoms with E-state index in [1.165, 1.54) is 48.7 Å². The summed E-state index contributed by atoms with van der Waals surface area (Å²) in [7, 11) is 0. The number of benzene rings is 7. The first-order valence-corrected chi connectivity index (χ1v) is 17.6. The Morgan fingerprint density at radius 3 is 1.76 bits per heavy atom. The Hall–Kier alpha value is -6.36. The van der Waals surface area contributed by atoms with Crippen molar-refractivity contribution >= 4 is 53.4 Å². The fourth-order valence-corrected chi connectivity index (χ4v) is 8.39. The molecule has 3 aromatic heterocycles. The van der Waals surface area contributed by atoms with Gasteiger partial charge in [0.05, 0.1) is 26.9 Å². The lowest BCUT2D eigenvalue weighted by atomic mass is 9.97. The van der Waals surface area contributed by atoms with Gasteiger partial charge >= 0.3 is 0 Å². The second-order valence-corrected chi connectivity index (χ2v) is 13.7. The molecule has 0 aliphatic heterocycles. The van der Waals surface area contributed by atoms with Gasteiger partial charge in [0.15, 0.2) is 5.82 Å². The highest BCUT2D eigenvalue weighted by atomic mass is 32.1. The predicted octanol–water partition coefficient (Wildman–Crippen LogP) is 12.6. The molecule has 0 unspecified atom stereocenters. The molecule has 0 saturated heterocycles. The quantitative estimate of drug-likeness (QED) is 0.185. The van der Waals surface area contributed by atoms with E-state index in [-0.39, 0.29) is 0 Å². The Kier molecular flexibility index (Phi) is 6.68. The standard InChI is InChI=1S/C46H29N3S/c1-3-13-30(14-4-1)43-45-44(38-22-8-10-24-42(38)50-45)48-46(47-43)35-18-12-17-33(28-35)31-15-11-16-32(27-31)34-25-26-41-39(29-34)37-21-7-9-23-40(37)49(41)36-19-5-2-6-20-36/h1-29H. The van der Waals surface area contributed by atoms with Gasteiger partial charge in [-0.3, -0.25) is 0 Å². The molecule has 10 rings (SSSR count). The lowest BCUT2D eigenvalue weighted by Crippen LogP contribution is -1.94. The van der Waals surface area contributed by atoms with Gasteiger partial charge in [0.2, 0.25) is 0 Å². The summed E-state index contributed by atoms with van der Waals surface area (Å²) < 4.78 is 4.70. The molecule has 50 heavy (non-hydrogen) atoms. The van der Waals surface area contributed by atoms with Crippen molar-refractivity contribution < 1.29 is 0 Å². The number of hydrogen-bond acceptors (Lipinski definition) is 3. The minimum atomic E-state index is 0.734. The largest absolute Gasteiger partial charge is 0.309 e. The van der Waals surface area contributed by atoms with Crippen molar-refractivity contribution in [2.45, 2.75) is 0 Å². The van der Waals surface area contributed by atoms with Crippen LogP contribution in [0.2, 0.25) is 0 Å². The first-order chi connectivity index (χ1) is 24.8. The van der Waals surface area contributed by atoms with Crippen LogP contribution in [0.3, 0.4) is 0 Å². The van der Waals surface area contributed by atoms with Gasteiger partial charge in [-0.1, -0.05) is 127 Å². The van der Waals surface area contributed by atoms with E-state index in [4.69, 9.17) is 9.97 Å². The SMILES string of the molecule is c1ccc(-c2nc(-c3cccc(-c4cccc(-c5ccc6c(c5)c5ccccc5n6-c5ccccc5)c4)c3)nc3c2sc2ccccc23)cc1. The molecular formula is C46H29N3S. The van der Waals surface area contributed by atoms with Crippen molar-refractivity contribution in [3.8, 4) is 50.6 Å². The minimum Gasteiger partial charge on any atom is -0.309 e. The summed E-state index contributed by atoms with van der Waals surface area (Å²) in [4.78, 5) is 10.4. The second-order valence-electron chi connectivity index (χ2n) is 12.6. The predicted molar refractivity (Wildman–Crippen MR) is 211 cm³/mol. The monoisotopic (exact) mass is 655 g/mol. The second kappa shape index (κ2) is 11.7. The van der Waals surface area contributed by atoms with Gasteiger partial charge in [0, 0.05) is 37.7 Å². The highest BCUT2D eigenvalue weighted by Crippen LogP contribution is 2.40. The average molecular weight is 656 g/mol. The van der Waals surface area contributed by atoms with E-state index in [1.807, 2.05) is 6.07 Å². The smallest absolute Gasteiger partial charge is 0.160 e. The van der Waals surface area contributed by atoms with Gasteiger partial charge in [-0.25, -0.2) is 9.97 Å². The Labute approximate surface area is 293 Å². The highest BCUT2D eigenvalue weighted by Gasteiger charge is 2.17. The Morgan fingerprint density at radius 2 is 0.980 bits per heavy atom. The number of aromatic nitrogens is 3. The van der Waals surface area contributed by atoms with Crippen molar-refractivity contribution in [3.63, 3.8) is 0 Å². The molecule has 3 heterocycles. The molecular weight excluding hydrogens is 627 g/mol. The van der Waals surface area contributed by atoms with Gasteiger partial charge in [-0.05, 0) is 70.8 Å². The number of para-hydroxylation sites is 2. The molecule has 0 bridgehead atoms. The maximum Gasteiger partial charge on any atom is 0.160 e. The molecule has 0 amide bonds. The van der Waals surface area contributed by atoms with Gasteiger partial charge < -0.3 is 4.57 Å². The van der Waals surface area contributed by atoms with Crippen molar-refractivity contribution in [1.29, 1.82) is 0 Å². The molecule has 0 fully saturated rings. The summed E-state index contributed by atoms with van der Waals surface area (Å²) in [5.41, 5.74) is 12.3. The zero-order valence-electron chi connectivity index (χ0n) is 27.0. The molecule has 234 valence electrons. The summed E-state index contributed by atoms with van der Waals surface area (Å²) in [6.45, 7) is 0. The number of hydrogen-bond donors (Lipinski definition) is 0. The fourth-order valence-electron chi connectivity index (χ4n) is 7.24. The van der Waals surface area contributed by atoms with E-state index in [0.29, 0.717) is 0 Å². The molecule has 0 N–H and O–H groups in total. The van der Waals surface area contributed by atoms with E-state index in [0.717, 1.165) is 44.0 Å². The highest BCUT2D eigenvalue weighted by molar-refractivity contribution is 7.26. The van der Waals surface area contributed by atoms with Gasteiger partial charge in [-0.15, -0.1) is 11.3 Å². The molecule has 0 saturated carbocycles. The number of nitrogens with zero attached hydrogens (tertiary/aromatic N) is 3. The van der Waals surface area contributed by atoms with Gasteiger partial charge in [0.1, 0.15) is 0 Å². The van der Waals surface area contributed by atoms with Crippen LogP contribution in [-0.2, 0) is 0 Å². The molecule has 3 nitrogen and oxygen atoms in total. The topological polar surface area (TPSA) is 30.7 Å². The maximum absolute atomic E-state index is 5.21. The third-order valence-corrected chi connectivity index (χ3v) is 10.8. The summed E-state index contributed by atoms with van der Waals surface area (Å²) in [5.74, 6) is 0.734. The van der Waals surface area contributed by atoms with Gasteiger partial charge in [-0.2, -0.15) is 0 Å². The van der Waals surface area contributed by atoms with Gasteiger partial charge in [0.25, 0.3) is 0 Å². The molecule has 4 heteroatoms. The van der Waals surface area contributed by atoms with Crippen LogP contribution < -0.4 is 0 Å². The summed E-state index contributed by atoms with van der Waals surface area (Å²) in [5, 5.41) is 3.67. The zero-order chi connectivity index (χ0) is 33.0. The third kappa shape index (κ3) is 4.73. The molecule has 0 spiro atoms. The van der Waals surface area contributed by atoms with Crippen LogP contribution in [0, 0.1) is 0 Å². The van der Waals surface area contributed by atoms with E-state index < -0.39 is 0 Å². The van der Waals surface area contributed by atoms with Crippen LogP contribution in [0.1, 0.15) is 0 Å². The Bertz CT molecular complexity index is 2870. The van der Waals surface area contributed by atoms with Crippen LogP contribution in [0.15, 0.2) is 176 Å².